The summed E-state index contributed by atoms with van der Waals surface area (Å²) in [5.74, 6) is -1.81. The smallest absolute Gasteiger partial charge is 0.237 e. The van der Waals surface area contributed by atoms with Crippen LogP contribution in [0.4, 0.5) is 5.82 Å². The zero-order valence-corrected chi connectivity index (χ0v) is 20.4. The minimum absolute atomic E-state index is 0.0358. The average molecular weight is 495 g/mol. The Morgan fingerprint density at radius 1 is 1.35 bits per heavy atom. The third-order valence-electron chi connectivity index (χ3n) is 5.63. The van der Waals surface area contributed by atoms with E-state index in [4.69, 9.17) is 15.2 Å². The van der Waals surface area contributed by atoms with Gasteiger partial charge in [0.1, 0.15) is 35.9 Å². The SMILES string of the molecule is C=C[C@@]1(OCP(=O)(N[C@@H](C)C(C)=O)N[C@@H](C)C(C)=O)C[C@@H](O)[C@H](n2cnc3c(N)ncnc32)O1. The maximum Gasteiger partial charge on any atom is 0.237 e. The molecule has 14 heteroatoms. The molecule has 186 valence electrons. The van der Waals surface area contributed by atoms with E-state index in [1.54, 1.807) is 13.8 Å². The standard InChI is InChI=1S/C20H30N7O6P/c1-6-20(32-10-34(31,25-11(2)13(4)28)26-12(3)14(5)29)7-15(30)19(33-20)27-9-24-16-17(21)22-8-23-18(16)27/h6,8-9,11-12,15,19,30H,1,7,10H2,2-5H3,(H2,21,22,23)(H2,25,26,31)/t11-,12-,15+,19+,20-/m0/s1. The van der Waals surface area contributed by atoms with Gasteiger partial charge in [-0.1, -0.05) is 6.58 Å². The molecule has 0 amide bonds. The minimum Gasteiger partial charge on any atom is -0.388 e. The summed E-state index contributed by atoms with van der Waals surface area (Å²) < 4.78 is 27.0. The number of rotatable bonds is 11. The van der Waals surface area contributed by atoms with Crippen molar-refractivity contribution in [2.45, 2.75) is 64.3 Å². The highest BCUT2D eigenvalue weighted by atomic mass is 31.2. The van der Waals surface area contributed by atoms with Crippen LogP contribution in [0, 0.1) is 0 Å². The Morgan fingerprint density at radius 2 is 1.97 bits per heavy atom. The zero-order chi connectivity index (χ0) is 25.3. The molecule has 5 N–H and O–H groups in total. The summed E-state index contributed by atoms with van der Waals surface area (Å²) in [6, 6.07) is -1.52. The molecule has 3 heterocycles. The topological polar surface area (TPSA) is 184 Å². The van der Waals surface area contributed by atoms with Gasteiger partial charge in [0.25, 0.3) is 0 Å². The molecule has 0 unspecified atom stereocenters. The van der Waals surface area contributed by atoms with Crippen molar-refractivity contribution in [3.05, 3.63) is 25.3 Å². The van der Waals surface area contributed by atoms with Crippen LogP contribution in [0.5, 0.6) is 0 Å². The number of carbonyl (C=O) groups excluding carboxylic acids is 2. The van der Waals surface area contributed by atoms with Gasteiger partial charge in [-0.3, -0.25) is 18.7 Å². The van der Waals surface area contributed by atoms with Crippen LogP contribution in [0.3, 0.4) is 0 Å². The number of carbonyl (C=O) groups is 2. The molecule has 0 aromatic carbocycles. The quantitative estimate of drug-likeness (QED) is 0.255. The van der Waals surface area contributed by atoms with Crippen molar-refractivity contribution in [2.24, 2.45) is 0 Å². The van der Waals surface area contributed by atoms with Crippen LogP contribution in [0.25, 0.3) is 11.2 Å². The second kappa shape index (κ2) is 9.98. The fourth-order valence-corrected chi connectivity index (χ4v) is 5.66. The van der Waals surface area contributed by atoms with Gasteiger partial charge in [-0.2, -0.15) is 0 Å². The number of ketones is 2. The third-order valence-corrected chi connectivity index (χ3v) is 7.73. The van der Waals surface area contributed by atoms with E-state index in [1.165, 1.54) is 37.1 Å². The summed E-state index contributed by atoms with van der Waals surface area (Å²) >= 11 is 0. The van der Waals surface area contributed by atoms with Crippen molar-refractivity contribution in [1.82, 2.24) is 29.7 Å². The molecule has 0 spiro atoms. The molecule has 2 aromatic heterocycles. The fraction of sp³-hybridized carbons (Fsp3) is 0.550. The minimum atomic E-state index is -3.62. The summed E-state index contributed by atoms with van der Waals surface area (Å²) in [5.41, 5.74) is 6.54. The van der Waals surface area contributed by atoms with Gasteiger partial charge in [-0.05, 0) is 33.8 Å². The maximum atomic E-state index is 13.6. The van der Waals surface area contributed by atoms with Crippen LogP contribution < -0.4 is 15.9 Å². The molecule has 0 bridgehead atoms. The number of aliphatic hydroxyl groups is 1. The molecule has 1 aliphatic heterocycles. The molecule has 0 aliphatic carbocycles. The second-order valence-electron chi connectivity index (χ2n) is 8.31. The number of aromatic nitrogens is 4. The highest BCUT2D eigenvalue weighted by Crippen LogP contribution is 2.44. The Hall–Kier alpha value is -2.54. The molecule has 13 nitrogen and oxygen atoms in total. The predicted octanol–water partition coefficient (Wildman–Crippen LogP) is 0.872. The van der Waals surface area contributed by atoms with Crippen LogP contribution in [0.15, 0.2) is 25.3 Å². The summed E-state index contributed by atoms with van der Waals surface area (Å²) in [4.78, 5) is 35.7. The summed E-state index contributed by atoms with van der Waals surface area (Å²) in [6.07, 6.45) is 1.54. The Labute approximate surface area is 196 Å². The summed E-state index contributed by atoms with van der Waals surface area (Å²) in [6.45, 7) is 9.58. The maximum absolute atomic E-state index is 13.6. The number of nitrogens with zero attached hydrogens (tertiary/aromatic N) is 4. The number of nitrogen functional groups attached to an aromatic ring is 1. The molecule has 1 fully saturated rings. The van der Waals surface area contributed by atoms with E-state index in [1.807, 2.05) is 0 Å². The number of anilines is 1. The number of nitrogens with two attached hydrogens (primary N) is 1. The van der Waals surface area contributed by atoms with Crippen molar-refractivity contribution >= 4 is 36.0 Å². The lowest BCUT2D eigenvalue weighted by atomic mass is 10.1. The van der Waals surface area contributed by atoms with Crippen molar-refractivity contribution in [3.63, 3.8) is 0 Å². The van der Waals surface area contributed by atoms with Crippen molar-refractivity contribution in [3.8, 4) is 0 Å². The van der Waals surface area contributed by atoms with E-state index in [0.717, 1.165) is 0 Å². The first-order valence-electron chi connectivity index (χ1n) is 10.6. The van der Waals surface area contributed by atoms with Gasteiger partial charge in [-0.25, -0.2) is 25.1 Å². The molecule has 3 rings (SSSR count). The monoisotopic (exact) mass is 495 g/mol. The number of nitrogens with one attached hydrogen (secondary N) is 2. The highest BCUT2D eigenvalue weighted by Gasteiger charge is 2.48. The molecular formula is C20H30N7O6P. The van der Waals surface area contributed by atoms with E-state index in [0.29, 0.717) is 11.2 Å². The molecular weight excluding hydrogens is 465 g/mol. The molecule has 0 saturated carbocycles. The van der Waals surface area contributed by atoms with Gasteiger partial charge in [-0.15, -0.1) is 0 Å². The van der Waals surface area contributed by atoms with Gasteiger partial charge in [0.2, 0.25) is 7.44 Å². The van der Waals surface area contributed by atoms with E-state index < -0.39 is 44.0 Å². The normalized spacial score (nSPS) is 24.7. The Bertz CT molecular complexity index is 1110. The molecule has 34 heavy (non-hydrogen) atoms. The van der Waals surface area contributed by atoms with Crippen molar-refractivity contribution < 1.29 is 28.7 Å². The van der Waals surface area contributed by atoms with Crippen LogP contribution in [0.2, 0.25) is 0 Å². The second-order valence-corrected chi connectivity index (χ2v) is 10.6. The summed E-state index contributed by atoms with van der Waals surface area (Å²) in [7, 11) is -3.62. The lowest BCUT2D eigenvalue weighted by Crippen LogP contribution is -2.42. The van der Waals surface area contributed by atoms with Gasteiger partial charge < -0.3 is 20.3 Å². The molecule has 2 aromatic rings. The Balaban J connectivity index is 1.83. The third kappa shape index (κ3) is 5.40. The van der Waals surface area contributed by atoms with Crippen molar-refractivity contribution in [2.75, 3.05) is 12.1 Å². The summed E-state index contributed by atoms with van der Waals surface area (Å²) in [5, 5.41) is 16.2. The number of ether oxygens (including phenoxy) is 2. The number of Topliss-reactive ketones (excluding diaryl/α,β-unsaturated/α-hetero) is 2. The number of fused-ring (bicyclic) bond motifs is 1. The van der Waals surface area contributed by atoms with Gasteiger partial charge in [0.05, 0.1) is 18.4 Å². The van der Waals surface area contributed by atoms with Gasteiger partial charge in [0, 0.05) is 6.42 Å². The van der Waals surface area contributed by atoms with Crippen LogP contribution in [0.1, 0.15) is 40.3 Å². The fourth-order valence-electron chi connectivity index (χ4n) is 3.42. The Morgan fingerprint density at radius 3 is 2.53 bits per heavy atom. The average Bonchev–Trinajstić information content (AvgIpc) is 3.34. The molecule has 0 radical (unpaired) electrons. The van der Waals surface area contributed by atoms with Crippen LogP contribution in [-0.2, 0) is 23.6 Å². The first-order valence-corrected chi connectivity index (χ1v) is 12.5. The number of imidazole rings is 1. The lowest BCUT2D eigenvalue weighted by Gasteiger charge is -2.31. The number of aliphatic hydroxyl groups excluding tert-OH is 1. The molecule has 1 saturated heterocycles. The van der Waals surface area contributed by atoms with E-state index in [9.17, 15) is 19.3 Å². The van der Waals surface area contributed by atoms with Gasteiger partial charge >= 0.3 is 0 Å². The first kappa shape index (κ1) is 26.1. The highest BCUT2D eigenvalue weighted by molar-refractivity contribution is 7.59. The largest absolute Gasteiger partial charge is 0.388 e. The Kier molecular flexibility index (Phi) is 7.65. The molecule has 1 aliphatic rings. The zero-order valence-electron chi connectivity index (χ0n) is 19.5. The lowest BCUT2D eigenvalue weighted by molar-refractivity contribution is -0.199. The van der Waals surface area contributed by atoms with Crippen LogP contribution >= 0.6 is 7.44 Å². The molecule has 5 atom stereocenters. The number of hydrogen-bond acceptors (Lipinski definition) is 10. The van der Waals surface area contributed by atoms with E-state index in [-0.39, 0.29) is 23.8 Å². The van der Waals surface area contributed by atoms with Crippen LogP contribution in [-0.4, -0.2) is 66.5 Å². The van der Waals surface area contributed by atoms with E-state index in [2.05, 4.69) is 31.7 Å². The van der Waals surface area contributed by atoms with Crippen molar-refractivity contribution in [1.29, 1.82) is 0 Å². The van der Waals surface area contributed by atoms with Gasteiger partial charge in [0.15, 0.2) is 23.5 Å². The first-order chi connectivity index (χ1) is 15.9. The van der Waals surface area contributed by atoms with E-state index >= 15 is 0 Å². The predicted molar refractivity (Wildman–Crippen MR) is 124 cm³/mol. The number of hydrogen-bond donors (Lipinski definition) is 4.